The van der Waals surface area contributed by atoms with Gasteiger partial charge in [0.05, 0.1) is 0 Å². The fraction of sp³-hybridized carbons (Fsp3) is 0.565. The second-order valence-electron chi connectivity index (χ2n) is 7.32. The van der Waals surface area contributed by atoms with Gasteiger partial charge in [0.15, 0.2) is 0 Å². The van der Waals surface area contributed by atoms with Crippen molar-refractivity contribution >= 4 is 17.3 Å². The van der Waals surface area contributed by atoms with Gasteiger partial charge in [-0.15, -0.1) is 0 Å². The molecule has 0 heterocycles. The molecule has 0 bridgehead atoms. The number of carbonyl (C=O) groups is 2. The van der Waals surface area contributed by atoms with Crippen molar-refractivity contribution in [3.63, 3.8) is 0 Å². The lowest BCUT2D eigenvalue weighted by atomic mass is 9.86. The Morgan fingerprint density at radius 2 is 1.19 bits per heavy atom. The normalized spacial score (nSPS) is 14.0. The molecule has 0 aliphatic heterocycles. The molecule has 3 heteroatoms. The van der Waals surface area contributed by atoms with Crippen LogP contribution in [0.3, 0.4) is 0 Å². The van der Waals surface area contributed by atoms with E-state index < -0.39 is 11.6 Å². The third kappa shape index (κ3) is 5.55. The van der Waals surface area contributed by atoms with E-state index in [0.29, 0.717) is 23.1 Å². The Hall–Kier alpha value is -1.90. The van der Waals surface area contributed by atoms with Crippen LogP contribution in [0.5, 0.6) is 0 Å². The topological polar surface area (TPSA) is 54.4 Å². The SMILES string of the molecule is CCCCCCCCCCCCCC1=C(O)c2ccccc2C(=O)C1=O. The fourth-order valence-corrected chi connectivity index (χ4v) is 3.61. The molecule has 2 rings (SSSR count). The van der Waals surface area contributed by atoms with Gasteiger partial charge in [-0.25, -0.2) is 0 Å². The molecule has 0 atom stereocenters. The predicted octanol–water partition coefficient (Wildman–Crippen LogP) is 6.42. The van der Waals surface area contributed by atoms with Gasteiger partial charge in [-0.3, -0.25) is 9.59 Å². The number of Topliss-reactive ketones (excluding diaryl/α,β-unsaturated/α-hetero) is 2. The molecule has 0 aromatic heterocycles. The van der Waals surface area contributed by atoms with Gasteiger partial charge >= 0.3 is 0 Å². The molecule has 1 aliphatic rings. The number of allylic oxidation sites excluding steroid dienone is 1. The quantitative estimate of drug-likeness (QED) is 0.347. The molecular weight excluding hydrogens is 324 g/mol. The summed E-state index contributed by atoms with van der Waals surface area (Å²) >= 11 is 0. The van der Waals surface area contributed by atoms with Crippen molar-refractivity contribution in [2.45, 2.75) is 84.0 Å². The molecule has 142 valence electrons. The van der Waals surface area contributed by atoms with E-state index in [0.717, 1.165) is 19.3 Å². The molecule has 0 amide bonds. The number of aliphatic hydroxyl groups excluding tert-OH is 1. The highest BCUT2D eigenvalue weighted by Gasteiger charge is 2.31. The molecule has 0 spiro atoms. The monoisotopic (exact) mass is 356 g/mol. The zero-order chi connectivity index (χ0) is 18.8. The molecule has 1 aromatic rings. The molecule has 0 saturated heterocycles. The number of unbranched alkanes of at least 4 members (excludes halogenated alkanes) is 10. The fourth-order valence-electron chi connectivity index (χ4n) is 3.61. The Kier molecular flexibility index (Phi) is 8.60. The first-order valence-electron chi connectivity index (χ1n) is 10.3. The van der Waals surface area contributed by atoms with Crippen molar-refractivity contribution in [1.29, 1.82) is 0 Å². The lowest BCUT2D eigenvalue weighted by Gasteiger charge is -2.17. The van der Waals surface area contributed by atoms with Gasteiger partial charge in [0.25, 0.3) is 0 Å². The van der Waals surface area contributed by atoms with Crippen molar-refractivity contribution in [3.05, 3.63) is 41.0 Å². The highest BCUT2D eigenvalue weighted by Crippen LogP contribution is 2.30. The predicted molar refractivity (Wildman–Crippen MR) is 106 cm³/mol. The van der Waals surface area contributed by atoms with Crippen LogP contribution in [0, 0.1) is 0 Å². The van der Waals surface area contributed by atoms with Gasteiger partial charge in [0.2, 0.25) is 11.6 Å². The van der Waals surface area contributed by atoms with E-state index in [4.69, 9.17) is 0 Å². The molecule has 1 N–H and O–H groups in total. The van der Waals surface area contributed by atoms with Crippen molar-refractivity contribution in [2.75, 3.05) is 0 Å². The van der Waals surface area contributed by atoms with Crippen LogP contribution in [0.2, 0.25) is 0 Å². The van der Waals surface area contributed by atoms with Crippen LogP contribution in [0.15, 0.2) is 29.8 Å². The van der Waals surface area contributed by atoms with Crippen LogP contribution in [-0.2, 0) is 4.79 Å². The Labute approximate surface area is 157 Å². The molecule has 0 saturated carbocycles. The van der Waals surface area contributed by atoms with Gasteiger partial charge in [-0.2, -0.15) is 0 Å². The first-order valence-corrected chi connectivity index (χ1v) is 10.3. The maximum Gasteiger partial charge on any atom is 0.234 e. The van der Waals surface area contributed by atoms with E-state index in [9.17, 15) is 14.7 Å². The highest BCUT2D eigenvalue weighted by molar-refractivity contribution is 6.52. The van der Waals surface area contributed by atoms with Crippen LogP contribution in [0.4, 0.5) is 0 Å². The zero-order valence-electron chi connectivity index (χ0n) is 16.1. The van der Waals surface area contributed by atoms with Crippen molar-refractivity contribution in [1.82, 2.24) is 0 Å². The summed E-state index contributed by atoms with van der Waals surface area (Å²) in [7, 11) is 0. The summed E-state index contributed by atoms with van der Waals surface area (Å²) in [6, 6.07) is 6.80. The molecular formula is C23H32O3. The summed E-state index contributed by atoms with van der Waals surface area (Å²) in [5, 5.41) is 10.4. The second kappa shape index (κ2) is 10.9. The number of hydrogen-bond donors (Lipinski definition) is 1. The maximum atomic E-state index is 12.2. The van der Waals surface area contributed by atoms with Crippen LogP contribution in [-0.4, -0.2) is 16.7 Å². The Bertz CT molecular complexity index is 643. The molecule has 0 radical (unpaired) electrons. The average Bonchev–Trinajstić information content (AvgIpc) is 2.66. The minimum Gasteiger partial charge on any atom is -0.507 e. The molecule has 0 unspecified atom stereocenters. The van der Waals surface area contributed by atoms with Gasteiger partial charge in [-0.05, 0) is 12.8 Å². The maximum absolute atomic E-state index is 12.2. The average molecular weight is 357 g/mol. The van der Waals surface area contributed by atoms with E-state index in [1.54, 1.807) is 24.3 Å². The second-order valence-corrected chi connectivity index (χ2v) is 7.32. The van der Waals surface area contributed by atoms with Crippen LogP contribution in [0.25, 0.3) is 5.76 Å². The summed E-state index contributed by atoms with van der Waals surface area (Å²) < 4.78 is 0. The number of ketones is 2. The van der Waals surface area contributed by atoms with Gasteiger partial charge in [0.1, 0.15) is 5.76 Å². The minimum atomic E-state index is -0.534. The number of benzene rings is 1. The summed E-state index contributed by atoms with van der Waals surface area (Å²) in [5.74, 6) is -1.03. The number of carbonyl (C=O) groups excluding carboxylic acids is 2. The first kappa shape index (κ1) is 20.4. The van der Waals surface area contributed by atoms with Crippen molar-refractivity contribution < 1.29 is 14.7 Å². The highest BCUT2D eigenvalue weighted by atomic mass is 16.3. The summed E-state index contributed by atoms with van der Waals surface area (Å²) in [6.45, 7) is 2.24. The molecule has 1 aliphatic carbocycles. The Morgan fingerprint density at radius 3 is 1.77 bits per heavy atom. The number of fused-ring (bicyclic) bond motifs is 1. The molecule has 0 fully saturated rings. The lowest BCUT2D eigenvalue weighted by molar-refractivity contribution is -0.112. The van der Waals surface area contributed by atoms with Crippen molar-refractivity contribution in [3.8, 4) is 0 Å². The van der Waals surface area contributed by atoms with Crippen LogP contribution >= 0.6 is 0 Å². The van der Waals surface area contributed by atoms with E-state index in [1.165, 1.54) is 51.4 Å². The zero-order valence-corrected chi connectivity index (χ0v) is 16.1. The smallest absolute Gasteiger partial charge is 0.234 e. The minimum absolute atomic E-state index is 0.00252. The third-order valence-corrected chi connectivity index (χ3v) is 5.22. The van der Waals surface area contributed by atoms with Gasteiger partial charge in [0, 0.05) is 16.7 Å². The third-order valence-electron chi connectivity index (χ3n) is 5.22. The van der Waals surface area contributed by atoms with Gasteiger partial charge in [-0.1, -0.05) is 95.4 Å². The number of hydrogen-bond acceptors (Lipinski definition) is 3. The number of rotatable bonds is 12. The Balaban J connectivity index is 1.68. The standard InChI is InChI=1S/C23H32O3/c1-2-3-4-5-6-7-8-9-10-11-12-17-20-21(24)18-15-13-14-16-19(18)22(25)23(20)26/h13-16,24H,2-12,17H2,1H3. The summed E-state index contributed by atoms with van der Waals surface area (Å²) in [4.78, 5) is 24.4. The van der Waals surface area contributed by atoms with Crippen LogP contribution in [0.1, 0.15) is 99.9 Å². The molecule has 1 aromatic carbocycles. The lowest BCUT2D eigenvalue weighted by Crippen LogP contribution is -2.24. The van der Waals surface area contributed by atoms with E-state index in [-0.39, 0.29) is 5.76 Å². The van der Waals surface area contributed by atoms with Crippen molar-refractivity contribution in [2.24, 2.45) is 0 Å². The molecule has 26 heavy (non-hydrogen) atoms. The summed E-state index contributed by atoms with van der Waals surface area (Å²) in [6.07, 6.45) is 14.1. The number of aliphatic hydroxyl groups is 1. The van der Waals surface area contributed by atoms with E-state index >= 15 is 0 Å². The Morgan fingerprint density at radius 1 is 0.692 bits per heavy atom. The largest absolute Gasteiger partial charge is 0.507 e. The summed E-state index contributed by atoms with van der Waals surface area (Å²) in [5.41, 5.74) is 1.11. The van der Waals surface area contributed by atoms with E-state index in [2.05, 4.69) is 6.92 Å². The first-order chi connectivity index (χ1) is 12.7. The van der Waals surface area contributed by atoms with Crippen LogP contribution < -0.4 is 0 Å². The van der Waals surface area contributed by atoms with E-state index in [1.807, 2.05) is 0 Å². The molecule has 3 nitrogen and oxygen atoms in total. The van der Waals surface area contributed by atoms with Gasteiger partial charge < -0.3 is 5.11 Å².